The van der Waals surface area contributed by atoms with Crippen LogP contribution in [0.4, 0.5) is 10.5 Å². The number of rotatable bonds is 1. The number of fused-ring (bicyclic) bond motifs is 1. The van der Waals surface area contributed by atoms with Crippen molar-refractivity contribution >= 4 is 11.7 Å². The lowest BCUT2D eigenvalue weighted by Gasteiger charge is -2.41. The summed E-state index contributed by atoms with van der Waals surface area (Å²) in [4.78, 5) is 14.5. The molecule has 0 bridgehead atoms. The van der Waals surface area contributed by atoms with Crippen molar-refractivity contribution in [1.82, 2.24) is 4.90 Å². The summed E-state index contributed by atoms with van der Waals surface area (Å²) in [5.74, 6) is 1.60. The number of nitrogens with zero attached hydrogens (tertiary/aromatic N) is 1. The van der Waals surface area contributed by atoms with Gasteiger partial charge in [0.05, 0.1) is 0 Å². The zero-order chi connectivity index (χ0) is 14.8. The highest BCUT2D eigenvalue weighted by molar-refractivity contribution is 5.90. The second-order valence-corrected chi connectivity index (χ2v) is 6.72. The third-order valence-corrected chi connectivity index (χ3v) is 5.42. The van der Waals surface area contributed by atoms with Crippen molar-refractivity contribution in [3.63, 3.8) is 0 Å². The number of benzene rings is 1. The van der Waals surface area contributed by atoms with E-state index in [1.165, 1.54) is 43.2 Å². The summed E-state index contributed by atoms with van der Waals surface area (Å²) in [5.41, 5.74) is 3.34. The van der Waals surface area contributed by atoms with E-state index in [4.69, 9.17) is 0 Å². The molecule has 0 aromatic heterocycles. The molecule has 1 aromatic carbocycles. The largest absolute Gasteiger partial charge is 0.324 e. The van der Waals surface area contributed by atoms with Gasteiger partial charge in [-0.1, -0.05) is 31.4 Å². The fourth-order valence-electron chi connectivity index (χ4n) is 3.87. The van der Waals surface area contributed by atoms with Crippen LogP contribution in [0.2, 0.25) is 0 Å². The number of hydrogen-bond donors (Lipinski definition) is 1. The van der Waals surface area contributed by atoms with Crippen LogP contribution in [0.15, 0.2) is 18.2 Å². The minimum Gasteiger partial charge on any atom is -0.324 e. The van der Waals surface area contributed by atoms with Gasteiger partial charge in [0.1, 0.15) is 0 Å². The lowest BCUT2D eigenvalue weighted by atomic mass is 9.75. The molecule has 3 rings (SSSR count). The Bertz CT molecular complexity index is 526. The summed E-state index contributed by atoms with van der Waals surface area (Å²) >= 11 is 0. The number of nitrogens with one attached hydrogen (secondary N) is 1. The Labute approximate surface area is 127 Å². The summed E-state index contributed by atoms with van der Waals surface area (Å²) in [7, 11) is 0. The van der Waals surface area contributed by atoms with Crippen molar-refractivity contribution < 1.29 is 4.79 Å². The number of piperidine rings is 1. The molecule has 2 fully saturated rings. The molecule has 2 amide bonds. The van der Waals surface area contributed by atoms with E-state index in [0.29, 0.717) is 0 Å². The van der Waals surface area contributed by atoms with E-state index in [2.05, 4.69) is 25.2 Å². The molecule has 3 nitrogen and oxygen atoms in total. The number of hydrogen-bond acceptors (Lipinski definition) is 1. The first-order chi connectivity index (χ1) is 10.1. The molecule has 1 aliphatic heterocycles. The van der Waals surface area contributed by atoms with Crippen molar-refractivity contribution in [3.05, 3.63) is 29.3 Å². The van der Waals surface area contributed by atoms with Gasteiger partial charge in [0.2, 0.25) is 0 Å². The number of carbonyl (C=O) groups is 1. The molecule has 3 heteroatoms. The first-order valence-electron chi connectivity index (χ1n) is 8.27. The van der Waals surface area contributed by atoms with Crippen LogP contribution in [0.3, 0.4) is 0 Å². The Hall–Kier alpha value is -1.51. The van der Waals surface area contributed by atoms with E-state index in [0.717, 1.165) is 30.6 Å². The quantitative estimate of drug-likeness (QED) is 0.818. The summed E-state index contributed by atoms with van der Waals surface area (Å²) < 4.78 is 0. The van der Waals surface area contributed by atoms with E-state index in [1.54, 1.807) is 0 Å². The highest BCUT2D eigenvalue weighted by atomic mass is 16.2. The van der Waals surface area contributed by atoms with Crippen molar-refractivity contribution in [2.75, 3.05) is 18.4 Å². The van der Waals surface area contributed by atoms with Crippen LogP contribution in [0.1, 0.15) is 43.2 Å². The maximum Gasteiger partial charge on any atom is 0.321 e. The smallest absolute Gasteiger partial charge is 0.321 e. The average Bonchev–Trinajstić information content (AvgIpc) is 2.51. The lowest BCUT2D eigenvalue weighted by molar-refractivity contribution is 0.108. The van der Waals surface area contributed by atoms with E-state index in [-0.39, 0.29) is 6.03 Å². The minimum atomic E-state index is 0.0766. The van der Waals surface area contributed by atoms with E-state index in [1.807, 2.05) is 17.0 Å². The van der Waals surface area contributed by atoms with Gasteiger partial charge in [-0.2, -0.15) is 0 Å². The molecule has 2 atom stereocenters. The minimum absolute atomic E-state index is 0.0766. The molecular weight excluding hydrogens is 260 g/mol. The number of amides is 2. The lowest BCUT2D eigenvalue weighted by Crippen LogP contribution is -2.46. The van der Waals surface area contributed by atoms with Gasteiger partial charge >= 0.3 is 6.03 Å². The van der Waals surface area contributed by atoms with Gasteiger partial charge in [-0.15, -0.1) is 0 Å². The van der Waals surface area contributed by atoms with Crippen LogP contribution in [-0.2, 0) is 0 Å². The van der Waals surface area contributed by atoms with Crippen LogP contribution in [0.5, 0.6) is 0 Å². The molecule has 1 N–H and O–H groups in total. The molecule has 0 radical (unpaired) electrons. The first kappa shape index (κ1) is 14.4. The molecule has 114 valence electrons. The zero-order valence-corrected chi connectivity index (χ0v) is 13.2. The predicted octanol–water partition coefficient (Wildman–Crippen LogP) is 4.35. The molecular formula is C18H26N2O. The molecule has 0 spiro atoms. The molecule has 1 aromatic rings. The van der Waals surface area contributed by atoms with Gasteiger partial charge in [0.15, 0.2) is 0 Å². The van der Waals surface area contributed by atoms with Gasteiger partial charge in [0.25, 0.3) is 0 Å². The maximum atomic E-state index is 12.5. The molecule has 2 aliphatic rings. The van der Waals surface area contributed by atoms with Gasteiger partial charge in [-0.05, 0) is 55.7 Å². The van der Waals surface area contributed by atoms with Crippen molar-refractivity contribution in [1.29, 1.82) is 0 Å². The van der Waals surface area contributed by atoms with Gasteiger partial charge in [-0.3, -0.25) is 0 Å². The maximum absolute atomic E-state index is 12.5. The predicted molar refractivity (Wildman–Crippen MR) is 86.6 cm³/mol. The van der Waals surface area contributed by atoms with Crippen molar-refractivity contribution in [2.45, 2.75) is 46.0 Å². The van der Waals surface area contributed by atoms with Crippen LogP contribution < -0.4 is 5.32 Å². The fraction of sp³-hybridized carbons (Fsp3) is 0.611. The van der Waals surface area contributed by atoms with E-state index < -0.39 is 0 Å². The number of likely N-dealkylation sites (tertiary alicyclic amines) is 1. The Kier molecular flexibility index (Phi) is 4.18. The Morgan fingerprint density at radius 3 is 2.71 bits per heavy atom. The average molecular weight is 286 g/mol. The normalized spacial score (nSPS) is 25.3. The molecule has 1 heterocycles. The molecule has 21 heavy (non-hydrogen) atoms. The Morgan fingerprint density at radius 1 is 1.14 bits per heavy atom. The Morgan fingerprint density at radius 2 is 1.90 bits per heavy atom. The van der Waals surface area contributed by atoms with Crippen LogP contribution in [-0.4, -0.2) is 24.0 Å². The van der Waals surface area contributed by atoms with Gasteiger partial charge in [0, 0.05) is 18.8 Å². The Balaban J connectivity index is 1.64. The van der Waals surface area contributed by atoms with Gasteiger partial charge < -0.3 is 10.2 Å². The standard InChI is InChI=1S/C18H26N2O/c1-13-6-5-9-17(14(13)2)19-18(21)20-11-10-15-7-3-4-8-16(15)12-20/h5-6,9,15-16H,3-4,7-8,10-12H2,1-2H3,(H,19,21). The van der Waals surface area contributed by atoms with Crippen LogP contribution in [0, 0.1) is 25.7 Å². The van der Waals surface area contributed by atoms with Crippen LogP contribution >= 0.6 is 0 Å². The first-order valence-corrected chi connectivity index (χ1v) is 8.27. The van der Waals surface area contributed by atoms with E-state index in [9.17, 15) is 4.79 Å². The third kappa shape index (κ3) is 3.07. The number of anilines is 1. The van der Waals surface area contributed by atoms with Crippen molar-refractivity contribution in [2.24, 2.45) is 11.8 Å². The summed E-state index contributed by atoms with van der Waals surface area (Å²) in [5, 5.41) is 3.10. The molecule has 2 unspecified atom stereocenters. The number of carbonyl (C=O) groups excluding carboxylic acids is 1. The second kappa shape index (κ2) is 6.08. The number of aryl methyl sites for hydroxylation is 1. The highest BCUT2D eigenvalue weighted by Crippen LogP contribution is 2.36. The zero-order valence-electron chi connectivity index (χ0n) is 13.2. The van der Waals surface area contributed by atoms with Crippen LogP contribution in [0.25, 0.3) is 0 Å². The fourth-order valence-corrected chi connectivity index (χ4v) is 3.87. The molecule has 1 saturated carbocycles. The third-order valence-electron chi connectivity index (χ3n) is 5.42. The van der Waals surface area contributed by atoms with Gasteiger partial charge in [-0.25, -0.2) is 4.79 Å². The summed E-state index contributed by atoms with van der Waals surface area (Å²) in [6.45, 7) is 6.01. The molecule has 1 saturated heterocycles. The molecule has 1 aliphatic carbocycles. The summed E-state index contributed by atoms with van der Waals surface area (Å²) in [6.07, 6.45) is 6.59. The monoisotopic (exact) mass is 286 g/mol. The van der Waals surface area contributed by atoms with E-state index >= 15 is 0 Å². The summed E-state index contributed by atoms with van der Waals surface area (Å²) in [6, 6.07) is 6.16. The number of urea groups is 1. The SMILES string of the molecule is Cc1cccc(NC(=O)N2CCC3CCCCC3C2)c1C. The second-order valence-electron chi connectivity index (χ2n) is 6.72. The highest BCUT2D eigenvalue weighted by Gasteiger charge is 2.32. The topological polar surface area (TPSA) is 32.3 Å². The van der Waals surface area contributed by atoms with Crippen molar-refractivity contribution in [3.8, 4) is 0 Å².